The van der Waals surface area contributed by atoms with E-state index in [2.05, 4.69) is 9.71 Å². The molecule has 2 rings (SSSR count). The third-order valence-corrected chi connectivity index (χ3v) is 4.85. The topological polar surface area (TPSA) is 59.1 Å². The highest BCUT2D eigenvalue weighted by Crippen LogP contribution is 2.23. The van der Waals surface area contributed by atoms with Gasteiger partial charge in [-0.25, -0.2) is 18.1 Å². The van der Waals surface area contributed by atoms with Crippen molar-refractivity contribution in [1.29, 1.82) is 0 Å². The van der Waals surface area contributed by atoms with E-state index in [9.17, 15) is 8.42 Å². The zero-order valence-electron chi connectivity index (χ0n) is 9.44. The van der Waals surface area contributed by atoms with Crippen LogP contribution in [0.5, 0.6) is 0 Å². The second kappa shape index (κ2) is 5.57. The summed E-state index contributed by atoms with van der Waals surface area (Å²) in [5.74, 6) is 0. The summed E-state index contributed by atoms with van der Waals surface area (Å²) in [5.41, 5.74) is 0. The van der Waals surface area contributed by atoms with Crippen molar-refractivity contribution in [2.24, 2.45) is 0 Å². The van der Waals surface area contributed by atoms with Gasteiger partial charge in [0.25, 0.3) is 0 Å². The number of pyridine rings is 1. The Morgan fingerprint density at radius 1 is 1.33 bits per heavy atom. The van der Waals surface area contributed by atoms with E-state index in [1.165, 1.54) is 12.3 Å². The average Bonchev–Trinajstić information content (AvgIpc) is 2.33. The van der Waals surface area contributed by atoms with Crippen LogP contribution in [0.1, 0.15) is 19.3 Å². The van der Waals surface area contributed by atoms with Gasteiger partial charge in [-0.05, 0) is 25.3 Å². The molecule has 1 N–H and O–H groups in total. The minimum atomic E-state index is -3.59. The number of hydrogen-bond acceptors (Lipinski definition) is 3. The first-order valence-corrected chi connectivity index (χ1v) is 7.71. The maximum atomic E-state index is 12.1. The van der Waals surface area contributed by atoms with E-state index >= 15 is 0 Å². The van der Waals surface area contributed by atoms with Gasteiger partial charge in [0.15, 0.2) is 0 Å². The summed E-state index contributed by atoms with van der Waals surface area (Å²) >= 11 is 11.4. The van der Waals surface area contributed by atoms with Crippen LogP contribution < -0.4 is 4.72 Å². The monoisotopic (exact) mass is 306 g/mol. The van der Waals surface area contributed by atoms with Gasteiger partial charge in [-0.15, -0.1) is 0 Å². The van der Waals surface area contributed by atoms with Crippen LogP contribution in [0.15, 0.2) is 29.3 Å². The van der Waals surface area contributed by atoms with Gasteiger partial charge in [-0.1, -0.05) is 35.4 Å². The fraction of sp³-hybridized carbons (Fsp3) is 0.364. The van der Waals surface area contributed by atoms with Crippen LogP contribution in [0.4, 0.5) is 0 Å². The zero-order valence-corrected chi connectivity index (χ0v) is 11.8. The normalized spacial score (nSPS) is 20.0. The molecule has 1 aromatic rings. The highest BCUT2D eigenvalue weighted by atomic mass is 35.5. The van der Waals surface area contributed by atoms with Crippen molar-refractivity contribution in [3.8, 4) is 0 Å². The lowest BCUT2D eigenvalue weighted by Gasteiger charge is -2.19. The van der Waals surface area contributed by atoms with Crippen molar-refractivity contribution in [3.05, 3.63) is 34.6 Å². The van der Waals surface area contributed by atoms with E-state index in [0.717, 1.165) is 12.8 Å². The van der Waals surface area contributed by atoms with Gasteiger partial charge in [-0.2, -0.15) is 0 Å². The molecule has 0 saturated heterocycles. The Morgan fingerprint density at radius 3 is 2.72 bits per heavy atom. The smallest absolute Gasteiger partial charge is 0.242 e. The quantitative estimate of drug-likeness (QED) is 0.690. The van der Waals surface area contributed by atoms with Crippen molar-refractivity contribution in [2.75, 3.05) is 0 Å². The Hall–Kier alpha value is -0.620. The standard InChI is InChI=1S/C11H12Cl2N2O2S/c12-10-6-9(7-14-11(10)13)18(16,17)15-8-4-2-1-3-5-8/h1-2,6-8,15H,3-5H2. The predicted molar refractivity (Wildman–Crippen MR) is 71.4 cm³/mol. The molecular weight excluding hydrogens is 295 g/mol. The van der Waals surface area contributed by atoms with Gasteiger partial charge < -0.3 is 0 Å². The molecule has 0 fully saturated rings. The lowest BCUT2D eigenvalue weighted by atomic mass is 10.0. The molecule has 98 valence electrons. The van der Waals surface area contributed by atoms with Gasteiger partial charge in [0.05, 0.1) is 5.02 Å². The molecule has 4 nitrogen and oxygen atoms in total. The Kier molecular flexibility index (Phi) is 4.27. The number of hydrogen-bond donors (Lipinski definition) is 1. The molecule has 0 bridgehead atoms. The van der Waals surface area contributed by atoms with E-state index in [4.69, 9.17) is 23.2 Å². The van der Waals surface area contributed by atoms with Crippen LogP contribution in [-0.4, -0.2) is 19.4 Å². The number of allylic oxidation sites excluding steroid dienone is 1. The second-order valence-electron chi connectivity index (χ2n) is 4.05. The molecular formula is C11H12Cl2N2O2S. The van der Waals surface area contributed by atoms with Crippen LogP contribution in [-0.2, 0) is 10.0 Å². The zero-order chi connectivity index (χ0) is 13.2. The molecule has 1 aliphatic carbocycles. The fourth-order valence-corrected chi connectivity index (χ4v) is 3.33. The van der Waals surface area contributed by atoms with E-state index in [0.29, 0.717) is 6.42 Å². The summed E-state index contributed by atoms with van der Waals surface area (Å²) in [6, 6.07) is 1.23. The summed E-state index contributed by atoms with van der Waals surface area (Å²) in [5, 5.41) is 0.222. The maximum absolute atomic E-state index is 12.1. The van der Waals surface area contributed by atoms with E-state index in [1.54, 1.807) is 0 Å². The Labute approximate surface area is 116 Å². The minimum Gasteiger partial charge on any atom is -0.242 e. The number of sulfonamides is 1. The predicted octanol–water partition coefficient (Wildman–Crippen LogP) is 2.78. The molecule has 0 radical (unpaired) electrons. The molecule has 0 aromatic carbocycles. The Bertz CT molecular complexity index is 572. The molecule has 1 unspecified atom stereocenters. The first-order valence-electron chi connectivity index (χ1n) is 5.47. The lowest BCUT2D eigenvalue weighted by Crippen LogP contribution is -2.35. The Morgan fingerprint density at radius 2 is 2.11 bits per heavy atom. The fourth-order valence-electron chi connectivity index (χ4n) is 1.74. The maximum Gasteiger partial charge on any atom is 0.242 e. The van der Waals surface area contributed by atoms with Gasteiger partial charge >= 0.3 is 0 Å². The second-order valence-corrected chi connectivity index (χ2v) is 6.53. The first-order chi connectivity index (χ1) is 8.49. The van der Waals surface area contributed by atoms with Gasteiger partial charge in [0, 0.05) is 12.2 Å². The molecule has 7 heteroatoms. The first kappa shape index (κ1) is 13.8. The number of nitrogens with one attached hydrogen (secondary N) is 1. The van der Waals surface area contributed by atoms with E-state index < -0.39 is 10.0 Å². The van der Waals surface area contributed by atoms with Crippen molar-refractivity contribution < 1.29 is 8.42 Å². The van der Waals surface area contributed by atoms with Crippen LogP contribution in [0, 0.1) is 0 Å². The van der Waals surface area contributed by atoms with Crippen molar-refractivity contribution in [2.45, 2.75) is 30.2 Å². The minimum absolute atomic E-state index is 0.0338. The van der Waals surface area contributed by atoms with Crippen LogP contribution in [0.25, 0.3) is 0 Å². The van der Waals surface area contributed by atoms with E-state index in [-0.39, 0.29) is 21.1 Å². The van der Waals surface area contributed by atoms with Gasteiger partial charge in [0.2, 0.25) is 10.0 Å². The third kappa shape index (κ3) is 3.23. The van der Waals surface area contributed by atoms with Crippen LogP contribution in [0.2, 0.25) is 10.2 Å². The molecule has 0 amide bonds. The molecule has 1 heterocycles. The summed E-state index contributed by atoms with van der Waals surface area (Å²) in [7, 11) is -3.59. The number of halogens is 2. The summed E-state index contributed by atoms with van der Waals surface area (Å²) in [6.45, 7) is 0. The molecule has 1 aromatic heterocycles. The largest absolute Gasteiger partial charge is 0.242 e. The molecule has 0 aliphatic heterocycles. The van der Waals surface area contributed by atoms with Crippen LogP contribution >= 0.6 is 23.2 Å². The molecule has 18 heavy (non-hydrogen) atoms. The molecule has 0 spiro atoms. The summed E-state index contributed by atoms with van der Waals surface area (Å²) in [4.78, 5) is 3.77. The van der Waals surface area contributed by atoms with Gasteiger partial charge in [-0.3, -0.25) is 0 Å². The van der Waals surface area contributed by atoms with Crippen molar-refractivity contribution >= 4 is 33.2 Å². The van der Waals surface area contributed by atoms with E-state index in [1.807, 2.05) is 12.2 Å². The number of nitrogens with zero attached hydrogens (tertiary/aromatic N) is 1. The molecule has 1 atom stereocenters. The van der Waals surface area contributed by atoms with Crippen LogP contribution in [0.3, 0.4) is 0 Å². The summed E-state index contributed by atoms with van der Waals surface area (Å²) in [6.07, 6.45) is 7.61. The SMILES string of the molecule is O=S(=O)(NC1CC=CCC1)c1cnc(Cl)c(Cl)c1. The highest BCUT2D eigenvalue weighted by Gasteiger charge is 2.21. The number of rotatable bonds is 3. The molecule has 0 saturated carbocycles. The highest BCUT2D eigenvalue weighted by molar-refractivity contribution is 7.89. The summed E-state index contributed by atoms with van der Waals surface area (Å²) < 4.78 is 26.8. The van der Waals surface area contributed by atoms with Crippen molar-refractivity contribution in [1.82, 2.24) is 9.71 Å². The average molecular weight is 307 g/mol. The third-order valence-electron chi connectivity index (χ3n) is 2.67. The van der Waals surface area contributed by atoms with Gasteiger partial charge in [0.1, 0.15) is 10.0 Å². The lowest BCUT2D eigenvalue weighted by molar-refractivity contribution is 0.522. The van der Waals surface area contributed by atoms with Crippen molar-refractivity contribution in [3.63, 3.8) is 0 Å². The number of aromatic nitrogens is 1. The Balaban J connectivity index is 2.19. The molecule has 1 aliphatic rings.